The molecule has 1 aliphatic rings. The molecule has 1 aromatic rings. The number of morpholine rings is 1. The van der Waals surface area contributed by atoms with Gasteiger partial charge < -0.3 is 15.4 Å². The SMILES string of the molecule is N#Cc1ccc(C(=O)N2CCOC(CN)C2)nc1. The van der Waals surface area contributed by atoms with Gasteiger partial charge in [0, 0.05) is 25.8 Å². The van der Waals surface area contributed by atoms with Gasteiger partial charge in [-0.25, -0.2) is 4.98 Å². The summed E-state index contributed by atoms with van der Waals surface area (Å²) in [7, 11) is 0. The van der Waals surface area contributed by atoms with Crippen LogP contribution in [-0.4, -0.2) is 48.1 Å². The number of nitriles is 1. The van der Waals surface area contributed by atoms with E-state index >= 15 is 0 Å². The van der Waals surface area contributed by atoms with Crippen LogP contribution in [0.5, 0.6) is 0 Å². The molecule has 1 unspecified atom stereocenters. The Morgan fingerprint density at radius 1 is 1.67 bits per heavy atom. The number of rotatable bonds is 2. The molecular weight excluding hydrogens is 232 g/mol. The molecule has 2 heterocycles. The molecule has 1 aliphatic heterocycles. The number of hydrogen-bond donors (Lipinski definition) is 1. The Bertz CT molecular complexity index is 466. The molecule has 1 amide bonds. The van der Waals surface area contributed by atoms with E-state index in [-0.39, 0.29) is 12.0 Å². The zero-order valence-electron chi connectivity index (χ0n) is 9.87. The minimum absolute atomic E-state index is 0.110. The maximum atomic E-state index is 12.1. The quantitative estimate of drug-likeness (QED) is 0.777. The average Bonchev–Trinajstić information content (AvgIpc) is 2.46. The number of carbonyl (C=O) groups excluding carboxylic acids is 1. The third-order valence-corrected chi connectivity index (χ3v) is 2.80. The number of ether oxygens (including phenoxy) is 1. The topological polar surface area (TPSA) is 92.2 Å². The molecule has 1 atom stereocenters. The highest BCUT2D eigenvalue weighted by Crippen LogP contribution is 2.09. The van der Waals surface area contributed by atoms with Crippen LogP contribution in [0.15, 0.2) is 18.3 Å². The zero-order valence-corrected chi connectivity index (χ0v) is 9.87. The third-order valence-electron chi connectivity index (χ3n) is 2.80. The van der Waals surface area contributed by atoms with Gasteiger partial charge in [-0.05, 0) is 12.1 Å². The Morgan fingerprint density at radius 2 is 2.50 bits per heavy atom. The highest BCUT2D eigenvalue weighted by molar-refractivity contribution is 5.92. The van der Waals surface area contributed by atoms with Crippen molar-refractivity contribution in [3.63, 3.8) is 0 Å². The number of carbonyl (C=O) groups is 1. The lowest BCUT2D eigenvalue weighted by atomic mass is 10.2. The summed E-state index contributed by atoms with van der Waals surface area (Å²) in [5.41, 5.74) is 6.31. The van der Waals surface area contributed by atoms with Gasteiger partial charge >= 0.3 is 0 Å². The summed E-state index contributed by atoms with van der Waals surface area (Å²) in [6, 6.07) is 5.11. The van der Waals surface area contributed by atoms with Gasteiger partial charge in [-0.2, -0.15) is 5.26 Å². The van der Waals surface area contributed by atoms with Gasteiger partial charge in [0.05, 0.1) is 18.3 Å². The van der Waals surface area contributed by atoms with Crippen molar-refractivity contribution < 1.29 is 9.53 Å². The molecule has 2 rings (SSSR count). The van der Waals surface area contributed by atoms with Gasteiger partial charge in [0.1, 0.15) is 11.8 Å². The van der Waals surface area contributed by atoms with E-state index in [2.05, 4.69) is 4.98 Å². The van der Waals surface area contributed by atoms with E-state index < -0.39 is 0 Å². The molecule has 94 valence electrons. The monoisotopic (exact) mass is 246 g/mol. The minimum Gasteiger partial charge on any atom is -0.373 e. The van der Waals surface area contributed by atoms with Gasteiger partial charge in [-0.1, -0.05) is 0 Å². The molecule has 6 heteroatoms. The van der Waals surface area contributed by atoms with Crippen LogP contribution in [-0.2, 0) is 4.74 Å². The summed E-state index contributed by atoms with van der Waals surface area (Å²) in [6.45, 7) is 1.91. The van der Waals surface area contributed by atoms with Crippen LogP contribution in [0.25, 0.3) is 0 Å². The normalized spacial score (nSPS) is 19.3. The van der Waals surface area contributed by atoms with E-state index in [1.807, 2.05) is 6.07 Å². The van der Waals surface area contributed by atoms with Crippen molar-refractivity contribution in [1.82, 2.24) is 9.88 Å². The summed E-state index contributed by atoms with van der Waals surface area (Å²) in [6.07, 6.45) is 1.29. The first-order valence-corrected chi connectivity index (χ1v) is 5.71. The molecule has 6 nitrogen and oxygen atoms in total. The first-order chi connectivity index (χ1) is 8.74. The maximum absolute atomic E-state index is 12.1. The van der Waals surface area contributed by atoms with Crippen LogP contribution in [0.2, 0.25) is 0 Å². The fourth-order valence-electron chi connectivity index (χ4n) is 1.79. The summed E-state index contributed by atoms with van der Waals surface area (Å²) in [5, 5.41) is 8.67. The number of pyridine rings is 1. The number of aromatic nitrogens is 1. The van der Waals surface area contributed by atoms with Crippen LogP contribution in [0.1, 0.15) is 16.1 Å². The third kappa shape index (κ3) is 2.64. The fourth-order valence-corrected chi connectivity index (χ4v) is 1.79. The van der Waals surface area contributed by atoms with Gasteiger partial charge in [-0.15, -0.1) is 0 Å². The standard InChI is InChI=1S/C12H14N4O2/c13-5-9-1-2-11(15-7-9)12(17)16-3-4-18-10(6-14)8-16/h1-2,7,10H,3-4,6,8,14H2. The Balaban J connectivity index is 2.08. The smallest absolute Gasteiger partial charge is 0.272 e. The van der Waals surface area contributed by atoms with E-state index in [1.165, 1.54) is 6.20 Å². The molecule has 0 saturated carbocycles. The molecule has 1 saturated heterocycles. The lowest BCUT2D eigenvalue weighted by Crippen LogP contribution is -2.48. The Kier molecular flexibility index (Phi) is 3.87. The van der Waals surface area contributed by atoms with Crippen LogP contribution in [0.3, 0.4) is 0 Å². The van der Waals surface area contributed by atoms with Crippen molar-refractivity contribution in [3.05, 3.63) is 29.6 Å². The average molecular weight is 246 g/mol. The van der Waals surface area contributed by atoms with Crippen molar-refractivity contribution in [2.45, 2.75) is 6.10 Å². The van der Waals surface area contributed by atoms with E-state index in [1.54, 1.807) is 17.0 Å². The van der Waals surface area contributed by atoms with Crippen molar-refractivity contribution in [2.75, 3.05) is 26.2 Å². The maximum Gasteiger partial charge on any atom is 0.272 e. The lowest BCUT2D eigenvalue weighted by molar-refractivity contribution is -0.0169. The number of amides is 1. The van der Waals surface area contributed by atoms with Crippen molar-refractivity contribution in [1.29, 1.82) is 5.26 Å². The second-order valence-corrected chi connectivity index (χ2v) is 4.02. The van der Waals surface area contributed by atoms with E-state index in [0.717, 1.165) is 0 Å². The Hall–Kier alpha value is -1.97. The Morgan fingerprint density at radius 3 is 3.11 bits per heavy atom. The van der Waals surface area contributed by atoms with Crippen molar-refractivity contribution in [3.8, 4) is 6.07 Å². The van der Waals surface area contributed by atoms with Crippen LogP contribution in [0.4, 0.5) is 0 Å². The molecular formula is C12H14N4O2. The highest BCUT2D eigenvalue weighted by Gasteiger charge is 2.24. The van der Waals surface area contributed by atoms with Gasteiger partial charge in [0.25, 0.3) is 5.91 Å². The van der Waals surface area contributed by atoms with Crippen molar-refractivity contribution in [2.24, 2.45) is 5.73 Å². The predicted octanol–water partition coefficient (Wildman–Crippen LogP) is -0.247. The van der Waals surface area contributed by atoms with E-state index in [9.17, 15) is 4.79 Å². The molecule has 0 aromatic carbocycles. The molecule has 0 spiro atoms. The highest BCUT2D eigenvalue weighted by atomic mass is 16.5. The van der Waals surface area contributed by atoms with Gasteiger partial charge in [-0.3, -0.25) is 4.79 Å². The van der Waals surface area contributed by atoms with Gasteiger partial charge in [0.15, 0.2) is 0 Å². The zero-order chi connectivity index (χ0) is 13.0. The second-order valence-electron chi connectivity index (χ2n) is 4.02. The van der Waals surface area contributed by atoms with E-state index in [4.69, 9.17) is 15.7 Å². The number of hydrogen-bond acceptors (Lipinski definition) is 5. The molecule has 0 radical (unpaired) electrons. The summed E-state index contributed by atoms with van der Waals surface area (Å²) in [4.78, 5) is 17.8. The number of nitrogens with zero attached hydrogens (tertiary/aromatic N) is 3. The summed E-state index contributed by atoms with van der Waals surface area (Å²) >= 11 is 0. The predicted molar refractivity (Wildman–Crippen MR) is 63.6 cm³/mol. The van der Waals surface area contributed by atoms with Crippen molar-refractivity contribution >= 4 is 5.91 Å². The van der Waals surface area contributed by atoms with Crippen LogP contribution < -0.4 is 5.73 Å². The summed E-state index contributed by atoms with van der Waals surface area (Å²) < 4.78 is 5.40. The molecule has 2 N–H and O–H groups in total. The van der Waals surface area contributed by atoms with E-state index in [0.29, 0.717) is 37.5 Å². The summed E-state index contributed by atoms with van der Waals surface area (Å²) in [5.74, 6) is -0.152. The van der Waals surface area contributed by atoms with Crippen LogP contribution >= 0.6 is 0 Å². The first kappa shape index (κ1) is 12.5. The Labute approximate surface area is 105 Å². The number of nitrogens with two attached hydrogens (primary N) is 1. The molecule has 1 fully saturated rings. The lowest BCUT2D eigenvalue weighted by Gasteiger charge is -2.32. The largest absolute Gasteiger partial charge is 0.373 e. The minimum atomic E-state index is -0.152. The van der Waals surface area contributed by atoms with Gasteiger partial charge in [0.2, 0.25) is 0 Å². The van der Waals surface area contributed by atoms with Crippen LogP contribution in [0, 0.1) is 11.3 Å². The molecule has 0 bridgehead atoms. The molecule has 0 aliphatic carbocycles. The molecule has 18 heavy (non-hydrogen) atoms. The fraction of sp³-hybridized carbons (Fsp3) is 0.417. The molecule has 1 aromatic heterocycles. The first-order valence-electron chi connectivity index (χ1n) is 5.71. The second kappa shape index (κ2) is 5.58.